The van der Waals surface area contributed by atoms with E-state index in [0.717, 1.165) is 16.3 Å². The van der Waals surface area contributed by atoms with Gasteiger partial charge in [-0.15, -0.1) is 11.8 Å². The third-order valence-corrected chi connectivity index (χ3v) is 6.40. The molecule has 0 aliphatic carbocycles. The van der Waals surface area contributed by atoms with Gasteiger partial charge in [-0.2, -0.15) is 4.98 Å². The second-order valence-corrected chi connectivity index (χ2v) is 9.09. The Kier molecular flexibility index (Phi) is 6.52. The third kappa shape index (κ3) is 5.32. The largest absolute Gasteiger partial charge is 0.493 e. The highest BCUT2D eigenvalue weighted by atomic mass is 35.5. The number of halogens is 1. The molecule has 1 aromatic heterocycles. The molecule has 2 N–H and O–H groups in total. The quantitative estimate of drug-likeness (QED) is 0.520. The van der Waals surface area contributed by atoms with E-state index in [4.69, 9.17) is 21.1 Å². The molecule has 1 saturated heterocycles. The van der Waals surface area contributed by atoms with Gasteiger partial charge in [-0.05, 0) is 30.3 Å². The van der Waals surface area contributed by atoms with Gasteiger partial charge in [-0.1, -0.05) is 17.7 Å². The lowest BCUT2D eigenvalue weighted by Gasteiger charge is -2.27. The van der Waals surface area contributed by atoms with Crippen LogP contribution in [0.2, 0.25) is 5.02 Å². The van der Waals surface area contributed by atoms with E-state index in [2.05, 4.69) is 20.6 Å². The van der Waals surface area contributed by atoms with E-state index in [1.54, 1.807) is 28.8 Å². The Morgan fingerprint density at radius 2 is 1.94 bits per heavy atom. The number of nitrogens with zero attached hydrogens (tertiary/aromatic N) is 3. The first kappa shape index (κ1) is 21.8. The standard InChI is InChI=1S/C23H22ClN5O3S/c24-20-14-25-23-27-17-10-15(22(30)29-4-6-31-7-5-29)11-18(12-17)32-8-9-33-19-3-1-2-16(13-19)26-21(20)28-23/h1-3,10-14H,4-9H2,(H2,25,26,27,28). The Morgan fingerprint density at radius 1 is 1.06 bits per heavy atom. The Labute approximate surface area is 200 Å². The zero-order valence-electron chi connectivity index (χ0n) is 17.7. The van der Waals surface area contributed by atoms with Gasteiger partial charge < -0.3 is 25.0 Å². The summed E-state index contributed by atoms with van der Waals surface area (Å²) >= 11 is 8.02. The molecule has 2 aromatic carbocycles. The molecule has 0 spiro atoms. The van der Waals surface area contributed by atoms with E-state index in [1.807, 2.05) is 30.3 Å². The summed E-state index contributed by atoms with van der Waals surface area (Å²) in [6.07, 6.45) is 1.54. The summed E-state index contributed by atoms with van der Waals surface area (Å²) < 4.78 is 11.4. The number of rotatable bonds is 1. The number of benzene rings is 2. The molecule has 10 heteroatoms. The number of hydrogen-bond donors (Lipinski definition) is 2. The highest BCUT2D eigenvalue weighted by Crippen LogP contribution is 2.30. The lowest BCUT2D eigenvalue weighted by atomic mass is 10.1. The molecular formula is C23H22ClN5O3S. The van der Waals surface area contributed by atoms with Crippen LogP contribution in [0.4, 0.5) is 23.1 Å². The minimum Gasteiger partial charge on any atom is -0.493 e. The number of aromatic nitrogens is 2. The van der Waals surface area contributed by atoms with Gasteiger partial charge in [-0.3, -0.25) is 4.79 Å². The molecule has 6 bridgehead atoms. The molecule has 2 aliphatic heterocycles. The number of ether oxygens (including phenoxy) is 2. The summed E-state index contributed by atoms with van der Waals surface area (Å²) in [5.74, 6) is 2.14. The zero-order valence-corrected chi connectivity index (χ0v) is 19.3. The van der Waals surface area contributed by atoms with Crippen LogP contribution in [-0.4, -0.2) is 59.4 Å². The first-order valence-electron chi connectivity index (χ1n) is 10.6. The Balaban J connectivity index is 1.50. The first-order chi connectivity index (χ1) is 16.1. The lowest BCUT2D eigenvalue weighted by molar-refractivity contribution is 0.0302. The van der Waals surface area contributed by atoms with Crippen LogP contribution in [0.15, 0.2) is 53.6 Å². The van der Waals surface area contributed by atoms with E-state index in [1.165, 1.54) is 6.20 Å². The number of morpholine rings is 1. The molecule has 8 nitrogen and oxygen atoms in total. The van der Waals surface area contributed by atoms with Crippen molar-refractivity contribution in [1.82, 2.24) is 14.9 Å². The summed E-state index contributed by atoms with van der Waals surface area (Å²) in [6.45, 7) is 2.71. The average Bonchev–Trinajstić information content (AvgIpc) is 2.84. The van der Waals surface area contributed by atoms with Crippen molar-refractivity contribution in [1.29, 1.82) is 0 Å². The maximum absolute atomic E-state index is 13.1. The third-order valence-electron chi connectivity index (χ3n) is 5.17. The van der Waals surface area contributed by atoms with E-state index in [-0.39, 0.29) is 5.91 Å². The van der Waals surface area contributed by atoms with E-state index < -0.39 is 0 Å². The van der Waals surface area contributed by atoms with Crippen LogP contribution in [0, 0.1) is 0 Å². The van der Waals surface area contributed by atoms with Crippen molar-refractivity contribution in [3.05, 3.63) is 59.2 Å². The van der Waals surface area contributed by atoms with Crippen molar-refractivity contribution in [3.63, 3.8) is 0 Å². The van der Waals surface area contributed by atoms with Crippen LogP contribution in [0.5, 0.6) is 5.75 Å². The Hall–Kier alpha value is -3.01. The maximum Gasteiger partial charge on any atom is 0.254 e. The Morgan fingerprint density at radius 3 is 2.82 bits per heavy atom. The van der Waals surface area contributed by atoms with Crippen molar-refractivity contribution in [2.75, 3.05) is 49.3 Å². The van der Waals surface area contributed by atoms with E-state index in [9.17, 15) is 4.79 Å². The molecule has 5 rings (SSSR count). The minimum absolute atomic E-state index is 0.0606. The fraction of sp³-hybridized carbons (Fsp3) is 0.261. The van der Waals surface area contributed by atoms with E-state index in [0.29, 0.717) is 66.7 Å². The monoisotopic (exact) mass is 483 g/mol. The number of carbonyl (C=O) groups excluding carboxylic acids is 1. The summed E-state index contributed by atoms with van der Waals surface area (Å²) in [5, 5.41) is 6.85. The predicted octanol–water partition coefficient (Wildman–Crippen LogP) is 4.57. The second-order valence-electron chi connectivity index (χ2n) is 7.52. The highest BCUT2D eigenvalue weighted by molar-refractivity contribution is 7.99. The molecule has 0 saturated carbocycles. The van der Waals surface area contributed by atoms with Crippen LogP contribution < -0.4 is 15.4 Å². The highest BCUT2D eigenvalue weighted by Gasteiger charge is 2.20. The topological polar surface area (TPSA) is 88.6 Å². The fourth-order valence-electron chi connectivity index (χ4n) is 3.59. The lowest BCUT2D eigenvalue weighted by Crippen LogP contribution is -2.40. The smallest absolute Gasteiger partial charge is 0.254 e. The van der Waals surface area contributed by atoms with Gasteiger partial charge in [0.05, 0.1) is 26.0 Å². The summed E-state index contributed by atoms with van der Waals surface area (Å²) in [6, 6.07) is 13.4. The molecular weight excluding hydrogens is 462 g/mol. The van der Waals surface area contributed by atoms with Gasteiger partial charge in [0.2, 0.25) is 5.95 Å². The van der Waals surface area contributed by atoms with Gasteiger partial charge >= 0.3 is 0 Å². The van der Waals surface area contributed by atoms with Crippen LogP contribution in [0.3, 0.4) is 0 Å². The number of anilines is 4. The van der Waals surface area contributed by atoms with Gasteiger partial charge in [0.1, 0.15) is 10.8 Å². The van der Waals surface area contributed by atoms with Crippen molar-refractivity contribution in [3.8, 4) is 5.75 Å². The molecule has 3 aromatic rings. The zero-order chi connectivity index (χ0) is 22.6. The normalized spacial score (nSPS) is 15.8. The maximum atomic E-state index is 13.1. The molecule has 1 fully saturated rings. The van der Waals surface area contributed by atoms with Crippen LogP contribution in [0.1, 0.15) is 10.4 Å². The van der Waals surface area contributed by atoms with Gasteiger partial charge in [0.15, 0.2) is 5.82 Å². The SMILES string of the molecule is O=C(c1cc2cc(c1)OCCSc1cccc(c1)Nc1nc(ncc1Cl)N2)N1CCOCC1. The van der Waals surface area contributed by atoms with Crippen LogP contribution in [-0.2, 0) is 4.74 Å². The van der Waals surface area contributed by atoms with Gasteiger partial charge in [0, 0.05) is 46.7 Å². The molecule has 3 heterocycles. The van der Waals surface area contributed by atoms with Crippen molar-refractivity contribution in [2.45, 2.75) is 4.90 Å². The van der Waals surface area contributed by atoms with E-state index >= 15 is 0 Å². The molecule has 0 atom stereocenters. The number of fused-ring (bicyclic) bond motifs is 6. The molecule has 1 amide bonds. The number of carbonyl (C=O) groups is 1. The molecule has 170 valence electrons. The second kappa shape index (κ2) is 9.86. The van der Waals surface area contributed by atoms with Crippen LogP contribution in [0.25, 0.3) is 0 Å². The average molecular weight is 484 g/mol. The number of nitrogens with one attached hydrogen (secondary N) is 2. The molecule has 33 heavy (non-hydrogen) atoms. The Bertz CT molecular complexity index is 1170. The molecule has 0 unspecified atom stereocenters. The summed E-state index contributed by atoms with van der Waals surface area (Å²) in [7, 11) is 0. The van der Waals surface area contributed by atoms with Crippen LogP contribution >= 0.6 is 23.4 Å². The number of thioether (sulfide) groups is 1. The summed E-state index contributed by atoms with van der Waals surface area (Å²) in [4.78, 5) is 24.8. The number of hydrogen-bond acceptors (Lipinski definition) is 8. The van der Waals surface area contributed by atoms with Gasteiger partial charge in [0.25, 0.3) is 5.91 Å². The van der Waals surface area contributed by atoms with Crippen molar-refractivity contribution in [2.24, 2.45) is 0 Å². The first-order valence-corrected chi connectivity index (χ1v) is 11.9. The van der Waals surface area contributed by atoms with Crippen molar-refractivity contribution < 1.29 is 14.3 Å². The van der Waals surface area contributed by atoms with Crippen molar-refractivity contribution >= 4 is 52.4 Å². The fourth-order valence-corrected chi connectivity index (χ4v) is 4.52. The summed E-state index contributed by atoms with van der Waals surface area (Å²) in [5.41, 5.74) is 2.06. The van der Waals surface area contributed by atoms with Gasteiger partial charge in [-0.25, -0.2) is 4.98 Å². The molecule has 2 aliphatic rings. The number of amides is 1. The minimum atomic E-state index is -0.0606. The predicted molar refractivity (Wildman–Crippen MR) is 129 cm³/mol. The molecule has 0 radical (unpaired) electrons.